The minimum Gasteiger partial charge on any atom is -0.465 e. The zero-order valence-electron chi connectivity index (χ0n) is 54.8. The standard InChI is InChI=1S/2C13H22O4.2C12H18O6.C12H20O4/c1-6-12(2,3)11(15)17-13(4,5)9-7-10(14)16-8-9;1-6-12(2,3)11(15)17-13(4,5)9-7-8-16-10(9)14;2*1-4-12(2,3)11(15)17-7-9(13)18-8-5-6-16-10(8)14;1-5-11(2,3)10(14)16-12(4)6-7-15-9(13)8-12/h2*9H,6-8H2,1-5H3;2*8H,4-7H2,1-3H3;5-8H2,1-4H3. The molecular formula is C62H100O24. The van der Waals surface area contributed by atoms with Crippen molar-refractivity contribution in [3.8, 4) is 0 Å². The fourth-order valence-corrected chi connectivity index (χ4v) is 7.18. The van der Waals surface area contributed by atoms with Crippen LogP contribution in [0.25, 0.3) is 0 Å². The van der Waals surface area contributed by atoms with Crippen molar-refractivity contribution in [1.82, 2.24) is 0 Å². The molecule has 0 aromatic carbocycles. The van der Waals surface area contributed by atoms with Gasteiger partial charge in [0.1, 0.15) is 16.8 Å². The number of hydrogen-bond donors (Lipinski definition) is 0. The zero-order chi connectivity index (χ0) is 66.5. The highest BCUT2D eigenvalue weighted by atomic mass is 16.6. The lowest BCUT2D eigenvalue weighted by Crippen LogP contribution is -2.43. The van der Waals surface area contributed by atoms with Gasteiger partial charge in [-0.2, -0.15) is 0 Å². The van der Waals surface area contributed by atoms with Crippen LogP contribution in [-0.2, 0) is 114 Å². The van der Waals surface area contributed by atoms with Gasteiger partial charge in [-0.05, 0) is 142 Å². The summed E-state index contributed by atoms with van der Waals surface area (Å²) >= 11 is 0. The maximum atomic E-state index is 12.0. The summed E-state index contributed by atoms with van der Waals surface area (Å²) in [6.07, 6.45) is 3.99. The second-order valence-electron chi connectivity index (χ2n) is 26.3. The van der Waals surface area contributed by atoms with Gasteiger partial charge in [0.05, 0.1) is 78.9 Å². The Kier molecular flexibility index (Phi) is 29.9. The van der Waals surface area contributed by atoms with Gasteiger partial charge in [0.2, 0.25) is 12.2 Å². The van der Waals surface area contributed by atoms with Crippen LogP contribution < -0.4 is 0 Å². The number of carbonyl (C=O) groups excluding carboxylic acids is 12. The van der Waals surface area contributed by atoms with E-state index in [0.717, 1.165) is 6.42 Å². The van der Waals surface area contributed by atoms with Crippen molar-refractivity contribution in [3.63, 3.8) is 0 Å². The minimum atomic E-state index is -0.865. The monoisotopic (exact) mass is 1230 g/mol. The van der Waals surface area contributed by atoms with E-state index in [1.807, 2.05) is 90.0 Å². The van der Waals surface area contributed by atoms with Crippen molar-refractivity contribution in [2.24, 2.45) is 38.9 Å². The quantitative estimate of drug-likeness (QED) is 0.0770. The van der Waals surface area contributed by atoms with Gasteiger partial charge in [-0.3, -0.25) is 38.4 Å². The Balaban J connectivity index is 0.000000538. The second kappa shape index (κ2) is 33.1. The van der Waals surface area contributed by atoms with Gasteiger partial charge in [0, 0.05) is 25.2 Å². The van der Waals surface area contributed by atoms with Crippen molar-refractivity contribution >= 4 is 71.6 Å². The normalized spacial score (nSPS) is 21.3. The molecule has 5 atom stereocenters. The number of hydrogen-bond acceptors (Lipinski definition) is 24. The lowest BCUT2D eigenvalue weighted by molar-refractivity contribution is -0.182. The molecule has 0 spiro atoms. The van der Waals surface area contributed by atoms with E-state index in [9.17, 15) is 57.5 Å². The molecule has 5 unspecified atom stereocenters. The van der Waals surface area contributed by atoms with Crippen LogP contribution in [0.3, 0.4) is 0 Å². The first-order chi connectivity index (χ1) is 39.4. The summed E-state index contributed by atoms with van der Waals surface area (Å²) in [6.45, 7) is 37.2. The number of carbonyl (C=O) groups is 12. The zero-order valence-corrected chi connectivity index (χ0v) is 54.8. The maximum absolute atomic E-state index is 12.0. The minimum absolute atomic E-state index is 0.0494. The van der Waals surface area contributed by atoms with Gasteiger partial charge in [-0.25, -0.2) is 19.2 Å². The van der Waals surface area contributed by atoms with Crippen LogP contribution in [0.5, 0.6) is 0 Å². The molecular weight excluding hydrogens is 1130 g/mol. The molecule has 5 saturated heterocycles. The molecule has 0 aromatic heterocycles. The highest BCUT2D eigenvalue weighted by Gasteiger charge is 2.46. The molecule has 0 N–H and O–H groups in total. The summed E-state index contributed by atoms with van der Waals surface area (Å²) < 4.78 is 59.8. The second-order valence-corrected chi connectivity index (χ2v) is 26.3. The third-order valence-electron chi connectivity index (χ3n) is 16.2. The Morgan fingerprint density at radius 2 is 0.826 bits per heavy atom. The third-order valence-corrected chi connectivity index (χ3v) is 16.2. The maximum Gasteiger partial charge on any atom is 0.347 e. The largest absolute Gasteiger partial charge is 0.465 e. The van der Waals surface area contributed by atoms with Crippen molar-refractivity contribution in [1.29, 1.82) is 0 Å². The molecule has 0 aliphatic carbocycles. The van der Waals surface area contributed by atoms with Gasteiger partial charge in [0.25, 0.3) is 0 Å². The van der Waals surface area contributed by atoms with Crippen LogP contribution in [0.4, 0.5) is 0 Å². The van der Waals surface area contributed by atoms with Crippen molar-refractivity contribution in [2.75, 3.05) is 46.2 Å². The topological polar surface area (TPSA) is 316 Å². The predicted octanol–water partition coefficient (Wildman–Crippen LogP) is 8.33. The molecule has 5 rings (SSSR count). The number of rotatable bonds is 21. The smallest absolute Gasteiger partial charge is 0.347 e. The summed E-state index contributed by atoms with van der Waals surface area (Å²) in [5.74, 6) is -5.40. The van der Waals surface area contributed by atoms with Gasteiger partial charge < -0.3 is 56.8 Å². The van der Waals surface area contributed by atoms with E-state index in [0.29, 0.717) is 77.6 Å². The summed E-state index contributed by atoms with van der Waals surface area (Å²) in [7, 11) is 0. The Morgan fingerprint density at radius 3 is 1.16 bits per heavy atom. The van der Waals surface area contributed by atoms with Crippen molar-refractivity contribution < 1.29 is 114 Å². The summed E-state index contributed by atoms with van der Waals surface area (Å²) in [5, 5.41) is 0. The van der Waals surface area contributed by atoms with Crippen LogP contribution in [0.1, 0.15) is 209 Å². The molecule has 5 aliphatic heterocycles. The lowest BCUT2D eigenvalue weighted by atomic mass is 9.87. The fraction of sp³-hybridized carbons (Fsp3) is 0.806. The number of esters is 12. The SMILES string of the molecule is CCC(C)(C)C(=O)OC(C)(C)C1CCOC1=O.CCC(C)(C)C(=O)OC(C)(C)C1COC(=O)C1.CCC(C)(C)C(=O)OC1(C)CCOC(=O)C1.CCC(C)(C)C(=O)OCC(=O)OC1CCOC1=O.CCC(C)(C)C(=O)OCC(=O)OC1CCOC1=O. The average molecular weight is 1230 g/mol. The Labute approximate surface area is 507 Å². The average Bonchev–Trinajstić information content (AvgIpc) is 4.03. The van der Waals surface area contributed by atoms with E-state index in [4.69, 9.17) is 47.4 Å². The molecule has 0 aromatic rings. The molecule has 5 aliphatic rings. The van der Waals surface area contributed by atoms with Gasteiger partial charge in [-0.15, -0.1) is 0 Å². The molecule has 24 heteroatoms. The van der Waals surface area contributed by atoms with Crippen molar-refractivity contribution in [3.05, 3.63) is 0 Å². The predicted molar refractivity (Wildman–Crippen MR) is 306 cm³/mol. The lowest BCUT2D eigenvalue weighted by Gasteiger charge is -2.35. The molecule has 86 heavy (non-hydrogen) atoms. The van der Waals surface area contributed by atoms with E-state index in [1.54, 1.807) is 48.5 Å². The third kappa shape index (κ3) is 25.2. The van der Waals surface area contributed by atoms with E-state index in [1.165, 1.54) is 0 Å². The van der Waals surface area contributed by atoms with E-state index in [-0.39, 0.29) is 67.3 Å². The van der Waals surface area contributed by atoms with Crippen LogP contribution in [0.15, 0.2) is 0 Å². The molecule has 0 amide bonds. The number of ether oxygens (including phenoxy) is 12. The Hall–Kier alpha value is -6.36. The van der Waals surface area contributed by atoms with Crippen LogP contribution in [0.2, 0.25) is 0 Å². The van der Waals surface area contributed by atoms with E-state index in [2.05, 4.69) is 9.47 Å². The summed E-state index contributed by atoms with van der Waals surface area (Å²) in [5.41, 5.74) is -4.91. The molecule has 24 nitrogen and oxygen atoms in total. The Morgan fingerprint density at radius 1 is 0.453 bits per heavy atom. The first kappa shape index (κ1) is 77.7. The van der Waals surface area contributed by atoms with E-state index >= 15 is 0 Å². The molecule has 0 radical (unpaired) electrons. The van der Waals surface area contributed by atoms with Crippen LogP contribution in [0, 0.1) is 38.9 Å². The molecule has 5 heterocycles. The highest BCUT2D eigenvalue weighted by Crippen LogP contribution is 2.36. The van der Waals surface area contributed by atoms with Gasteiger partial charge in [-0.1, -0.05) is 34.6 Å². The van der Waals surface area contributed by atoms with E-state index < -0.39 is 105 Å². The van der Waals surface area contributed by atoms with Gasteiger partial charge in [0.15, 0.2) is 13.2 Å². The molecule has 5 fully saturated rings. The molecule has 0 saturated carbocycles. The number of cyclic esters (lactones) is 5. The summed E-state index contributed by atoms with van der Waals surface area (Å²) in [6, 6.07) is 0. The fourth-order valence-electron chi connectivity index (χ4n) is 7.18. The van der Waals surface area contributed by atoms with Crippen LogP contribution >= 0.6 is 0 Å². The molecule has 0 bridgehead atoms. The van der Waals surface area contributed by atoms with Gasteiger partial charge >= 0.3 is 71.6 Å². The summed E-state index contributed by atoms with van der Waals surface area (Å²) in [4.78, 5) is 138. The van der Waals surface area contributed by atoms with Crippen LogP contribution in [-0.4, -0.2) is 147 Å². The molecule has 492 valence electrons. The Bertz CT molecular complexity index is 2310. The first-order valence-corrected chi connectivity index (χ1v) is 29.7. The van der Waals surface area contributed by atoms with Crippen molar-refractivity contribution in [2.45, 2.75) is 238 Å². The first-order valence-electron chi connectivity index (χ1n) is 29.7. The highest BCUT2D eigenvalue weighted by molar-refractivity contribution is 5.85.